The third kappa shape index (κ3) is 5.16. The van der Waals surface area contributed by atoms with E-state index in [9.17, 15) is 19.5 Å². The molecular formula is C36H29N4O5-. The number of benzene rings is 3. The van der Waals surface area contributed by atoms with Gasteiger partial charge in [0.1, 0.15) is 11.4 Å². The lowest BCUT2D eigenvalue weighted by molar-refractivity contribution is -0.255. The molecule has 0 bridgehead atoms. The molecule has 2 aliphatic heterocycles. The fourth-order valence-corrected chi connectivity index (χ4v) is 6.33. The number of aromatic nitrogens is 3. The summed E-state index contributed by atoms with van der Waals surface area (Å²) in [5.74, 6) is -0.930. The van der Waals surface area contributed by atoms with Crippen molar-refractivity contribution in [3.63, 3.8) is 0 Å². The fraction of sp³-hybridized carbons (Fsp3) is 0.194. The molecule has 0 unspecified atom stereocenters. The van der Waals surface area contributed by atoms with E-state index < -0.39 is 11.6 Å². The second-order valence-electron chi connectivity index (χ2n) is 11.6. The first kappa shape index (κ1) is 28.2. The molecular weight excluding hydrogens is 568 g/mol. The monoisotopic (exact) mass is 597 g/mol. The van der Waals surface area contributed by atoms with Crippen molar-refractivity contribution in [1.29, 1.82) is 0 Å². The van der Waals surface area contributed by atoms with E-state index in [1.165, 1.54) is 12.3 Å². The highest BCUT2D eigenvalue weighted by molar-refractivity contribution is 6.02. The van der Waals surface area contributed by atoms with Crippen molar-refractivity contribution >= 4 is 28.6 Å². The molecule has 1 amide bonds. The van der Waals surface area contributed by atoms with Gasteiger partial charge in [-0.05, 0) is 54.1 Å². The van der Waals surface area contributed by atoms with Gasteiger partial charge in [0.25, 0.3) is 5.91 Å². The largest absolute Gasteiger partial charge is 0.545 e. The van der Waals surface area contributed by atoms with Crippen LogP contribution in [0.4, 0.5) is 0 Å². The number of carbonyl (C=O) groups excluding carboxylic acids is 3. The maximum atomic E-state index is 13.7. The second-order valence-corrected chi connectivity index (χ2v) is 11.6. The Bertz CT molecular complexity index is 1990. The molecule has 9 heteroatoms. The van der Waals surface area contributed by atoms with Gasteiger partial charge in [-0.25, -0.2) is 4.68 Å². The predicted octanol–water partition coefficient (Wildman–Crippen LogP) is 4.82. The number of fused-ring (bicyclic) bond motifs is 2. The Morgan fingerprint density at radius 3 is 2.51 bits per heavy atom. The van der Waals surface area contributed by atoms with E-state index in [-0.39, 0.29) is 23.7 Å². The number of hydrogen-bond acceptors (Lipinski definition) is 7. The minimum absolute atomic E-state index is 0.0348. The molecule has 0 N–H and O–H groups in total. The van der Waals surface area contributed by atoms with Gasteiger partial charge in [0, 0.05) is 66.8 Å². The van der Waals surface area contributed by atoms with Crippen LogP contribution in [0.25, 0.3) is 27.7 Å². The summed E-state index contributed by atoms with van der Waals surface area (Å²) in [5, 5.41) is 17.0. The van der Waals surface area contributed by atoms with E-state index in [0.29, 0.717) is 60.4 Å². The summed E-state index contributed by atoms with van der Waals surface area (Å²) in [6.07, 6.45) is 6.43. The molecule has 224 valence electrons. The van der Waals surface area contributed by atoms with Crippen molar-refractivity contribution in [2.45, 2.75) is 31.3 Å². The van der Waals surface area contributed by atoms with Crippen molar-refractivity contribution in [1.82, 2.24) is 19.7 Å². The number of nitrogens with zero attached hydrogens (tertiary/aromatic N) is 4. The zero-order valence-electron chi connectivity index (χ0n) is 24.4. The SMILES string of the molecule is C=CCc1nn(-c2ccccc2)c2ccc(C(=O)N3CCC4(CC3)CC(=O)c3cc(-c5cncc(C(=O)[O-])c5)ccc3O4)cc12. The van der Waals surface area contributed by atoms with Crippen molar-refractivity contribution in [2.75, 3.05) is 13.1 Å². The topological polar surface area (TPSA) is 117 Å². The molecule has 0 atom stereocenters. The Labute approximate surface area is 259 Å². The van der Waals surface area contributed by atoms with Crippen LogP contribution in [0.5, 0.6) is 5.75 Å². The number of likely N-dealkylation sites (tertiary alicyclic amines) is 1. The first-order valence-corrected chi connectivity index (χ1v) is 14.8. The number of carbonyl (C=O) groups is 3. The van der Waals surface area contributed by atoms with E-state index in [2.05, 4.69) is 11.6 Å². The Balaban J connectivity index is 1.08. The highest BCUT2D eigenvalue weighted by atomic mass is 16.5. The molecule has 2 aliphatic rings. The lowest BCUT2D eigenvalue weighted by Crippen LogP contribution is -2.52. The maximum Gasteiger partial charge on any atom is 0.253 e. The average Bonchev–Trinajstić information content (AvgIpc) is 3.43. The molecule has 2 aromatic heterocycles. The van der Waals surface area contributed by atoms with Crippen molar-refractivity contribution in [3.05, 3.63) is 120 Å². The van der Waals surface area contributed by atoms with E-state index in [4.69, 9.17) is 9.84 Å². The summed E-state index contributed by atoms with van der Waals surface area (Å²) in [6, 6.07) is 22.3. The first-order valence-electron chi connectivity index (χ1n) is 14.8. The lowest BCUT2D eigenvalue weighted by Gasteiger charge is -2.44. The molecule has 5 aromatic rings. The van der Waals surface area contributed by atoms with Crippen molar-refractivity contribution in [3.8, 4) is 22.6 Å². The number of piperidine rings is 1. The number of aromatic carboxylic acids is 1. The van der Waals surface area contributed by atoms with Gasteiger partial charge in [-0.15, -0.1) is 6.58 Å². The van der Waals surface area contributed by atoms with Crippen LogP contribution in [0.15, 0.2) is 97.8 Å². The average molecular weight is 598 g/mol. The van der Waals surface area contributed by atoms with Crippen molar-refractivity contribution < 1.29 is 24.2 Å². The lowest BCUT2D eigenvalue weighted by atomic mass is 9.82. The third-order valence-electron chi connectivity index (χ3n) is 8.70. The molecule has 1 saturated heterocycles. The Hall–Kier alpha value is -5.57. The number of para-hydroxylation sites is 1. The maximum absolute atomic E-state index is 13.7. The van der Waals surface area contributed by atoms with Crippen LogP contribution in [0.3, 0.4) is 0 Å². The molecule has 7 rings (SSSR count). The Morgan fingerprint density at radius 2 is 1.76 bits per heavy atom. The summed E-state index contributed by atoms with van der Waals surface area (Å²) < 4.78 is 8.36. The van der Waals surface area contributed by atoms with E-state index in [1.54, 1.807) is 24.4 Å². The summed E-state index contributed by atoms with van der Waals surface area (Å²) in [7, 11) is 0. The van der Waals surface area contributed by atoms with E-state index >= 15 is 0 Å². The molecule has 3 aromatic carbocycles. The summed E-state index contributed by atoms with van der Waals surface area (Å²) in [5.41, 5.74) is 4.29. The normalized spacial score (nSPS) is 15.5. The van der Waals surface area contributed by atoms with Crippen LogP contribution in [-0.2, 0) is 6.42 Å². The predicted molar refractivity (Wildman–Crippen MR) is 166 cm³/mol. The van der Waals surface area contributed by atoms with Crippen LogP contribution in [-0.4, -0.2) is 56.0 Å². The van der Waals surface area contributed by atoms with Gasteiger partial charge >= 0.3 is 0 Å². The summed E-state index contributed by atoms with van der Waals surface area (Å²) in [6.45, 7) is 4.80. The quantitative estimate of drug-likeness (QED) is 0.258. The smallest absolute Gasteiger partial charge is 0.253 e. The second kappa shape index (κ2) is 11.2. The minimum atomic E-state index is -1.31. The van der Waals surface area contributed by atoms with Gasteiger partial charge in [0.05, 0.1) is 34.9 Å². The van der Waals surface area contributed by atoms with Gasteiger partial charge in [-0.1, -0.05) is 30.3 Å². The Morgan fingerprint density at radius 1 is 0.956 bits per heavy atom. The van der Waals surface area contributed by atoms with Gasteiger partial charge in [0.2, 0.25) is 0 Å². The van der Waals surface area contributed by atoms with E-state index in [0.717, 1.165) is 22.3 Å². The van der Waals surface area contributed by atoms with Crippen molar-refractivity contribution in [2.24, 2.45) is 0 Å². The molecule has 45 heavy (non-hydrogen) atoms. The molecule has 1 spiro atoms. The molecule has 9 nitrogen and oxygen atoms in total. The minimum Gasteiger partial charge on any atom is -0.545 e. The first-order chi connectivity index (χ1) is 21.8. The number of ether oxygens (including phenoxy) is 1. The molecule has 0 aliphatic carbocycles. The van der Waals surface area contributed by atoms with Gasteiger partial charge in [-0.2, -0.15) is 5.10 Å². The summed E-state index contributed by atoms with van der Waals surface area (Å²) in [4.78, 5) is 44.1. The number of carboxylic acid groups (broad SMARTS) is 1. The van der Waals surface area contributed by atoms with Gasteiger partial charge < -0.3 is 19.5 Å². The number of ketones is 1. The zero-order chi connectivity index (χ0) is 31.1. The third-order valence-corrected chi connectivity index (χ3v) is 8.70. The van der Waals surface area contributed by atoms with Gasteiger partial charge in [0.15, 0.2) is 5.78 Å². The van der Waals surface area contributed by atoms with Crippen LogP contribution in [0, 0.1) is 0 Å². The highest BCUT2D eigenvalue weighted by Crippen LogP contribution is 2.41. The number of hydrogen-bond donors (Lipinski definition) is 0. The number of Topliss-reactive ketones (excluding diaryl/α,β-unsaturated/α-hetero) is 1. The standard InChI is InChI=1S/C36H30N4O5/c1-2-6-30-28-19-24(9-11-31(28)40(38-30)27-7-4-3-5-8-27)34(42)39-15-13-36(14-16-39)20-32(41)29-18-23(10-12-33(29)45-36)25-17-26(35(43)44)22-37-21-25/h2-5,7-12,17-19,21-22H,1,6,13-16,20H2,(H,43,44)/p-1. The van der Waals surface area contributed by atoms with Crippen LogP contribution < -0.4 is 9.84 Å². The molecule has 0 radical (unpaired) electrons. The number of rotatable bonds is 6. The van der Waals surface area contributed by atoms with Gasteiger partial charge in [-0.3, -0.25) is 14.6 Å². The molecule has 0 saturated carbocycles. The molecule has 4 heterocycles. The van der Waals surface area contributed by atoms with Crippen LogP contribution in [0.1, 0.15) is 56.0 Å². The van der Waals surface area contributed by atoms with E-state index in [1.807, 2.05) is 64.2 Å². The number of carboxylic acids is 1. The van der Waals surface area contributed by atoms with Crippen LogP contribution >= 0.6 is 0 Å². The fourth-order valence-electron chi connectivity index (χ4n) is 6.33. The van der Waals surface area contributed by atoms with Crippen LogP contribution in [0.2, 0.25) is 0 Å². The summed E-state index contributed by atoms with van der Waals surface area (Å²) >= 11 is 0. The molecule has 1 fully saturated rings. The number of amides is 1. The number of pyridine rings is 1. The highest BCUT2D eigenvalue weighted by Gasteiger charge is 2.44. The zero-order valence-corrected chi connectivity index (χ0v) is 24.4. The Kier molecular flexibility index (Phi) is 7.00. The number of allylic oxidation sites excluding steroid dienone is 1.